The topological polar surface area (TPSA) is 84.6 Å². The summed E-state index contributed by atoms with van der Waals surface area (Å²) in [5.74, 6) is 0.460. The van der Waals surface area contributed by atoms with E-state index in [0.29, 0.717) is 18.0 Å². The number of methoxy groups -OCH3 is 1. The Morgan fingerprint density at radius 1 is 1.18 bits per heavy atom. The molecule has 0 unspecified atom stereocenters. The minimum absolute atomic E-state index is 0.0613. The lowest BCUT2D eigenvalue weighted by molar-refractivity contribution is -1.02. The van der Waals surface area contributed by atoms with Crippen LogP contribution in [0.1, 0.15) is 20.3 Å². The predicted octanol–water partition coefficient (Wildman–Crippen LogP) is -2.36. The third-order valence-electron chi connectivity index (χ3n) is 5.43. The Hall–Kier alpha value is -2.45. The number of hydrogen-bond donors (Lipinski definition) is 3. The number of hydrogen-bond acceptors (Lipinski definition) is 4. The number of nitrogens with one attached hydrogen (secondary N) is 3. The van der Waals surface area contributed by atoms with Crippen LogP contribution < -0.4 is 24.8 Å². The summed E-state index contributed by atoms with van der Waals surface area (Å²) in [6, 6.07) is 6.79. The Morgan fingerprint density at radius 2 is 1.82 bits per heavy atom. The molecule has 1 atom stereocenters. The van der Waals surface area contributed by atoms with Gasteiger partial charge in [0.15, 0.2) is 12.6 Å². The second kappa shape index (κ2) is 8.70. The number of imide groups is 1. The molecule has 2 saturated heterocycles. The van der Waals surface area contributed by atoms with Crippen molar-refractivity contribution in [3.05, 3.63) is 24.3 Å². The van der Waals surface area contributed by atoms with E-state index >= 15 is 0 Å². The molecule has 1 aromatic carbocycles. The Labute approximate surface area is 165 Å². The lowest BCUT2D eigenvalue weighted by Gasteiger charge is -2.31. The summed E-state index contributed by atoms with van der Waals surface area (Å²) < 4.78 is 5.14. The number of nitrogens with zero attached hydrogens (tertiary/aromatic N) is 1. The quantitative estimate of drug-likeness (QED) is 0.475. The number of rotatable bonds is 6. The molecule has 0 aliphatic carbocycles. The maximum atomic E-state index is 12.9. The minimum Gasteiger partial charge on any atom is -0.497 e. The summed E-state index contributed by atoms with van der Waals surface area (Å²) in [5, 5.41) is 2.92. The summed E-state index contributed by atoms with van der Waals surface area (Å²) >= 11 is 0. The van der Waals surface area contributed by atoms with Gasteiger partial charge in [0.05, 0.1) is 19.2 Å². The number of anilines is 1. The molecule has 3 rings (SSSR count). The standard InChI is InChI=1S/C20H28N4O4/c1-14(2)21-18(25)13-22-8-10-23(11-9-22)17-12-19(26)24(20(17)27)15-4-6-16(28-3)7-5-15/h4-7,14,17H,8-13H2,1-3H3,(H,21,25)/p+2/t17-/m1/s1. The highest BCUT2D eigenvalue weighted by atomic mass is 16.5. The summed E-state index contributed by atoms with van der Waals surface area (Å²) in [7, 11) is 1.58. The van der Waals surface area contributed by atoms with Gasteiger partial charge in [-0.2, -0.15) is 0 Å². The largest absolute Gasteiger partial charge is 0.497 e. The van der Waals surface area contributed by atoms with Gasteiger partial charge >= 0.3 is 0 Å². The van der Waals surface area contributed by atoms with Gasteiger partial charge in [0.1, 0.15) is 31.9 Å². The molecule has 3 N–H and O–H groups in total. The van der Waals surface area contributed by atoms with Crippen LogP contribution in [-0.2, 0) is 14.4 Å². The van der Waals surface area contributed by atoms with Crippen molar-refractivity contribution in [3.63, 3.8) is 0 Å². The maximum Gasteiger partial charge on any atom is 0.292 e. The van der Waals surface area contributed by atoms with E-state index in [1.807, 2.05) is 13.8 Å². The number of amides is 3. The molecule has 0 spiro atoms. The Balaban J connectivity index is 1.57. The van der Waals surface area contributed by atoms with Crippen molar-refractivity contribution in [2.24, 2.45) is 0 Å². The van der Waals surface area contributed by atoms with E-state index in [1.165, 1.54) is 9.80 Å². The molecule has 0 saturated carbocycles. The van der Waals surface area contributed by atoms with Crippen molar-refractivity contribution in [3.8, 4) is 5.75 Å². The first kappa shape index (κ1) is 20.3. The summed E-state index contributed by atoms with van der Waals surface area (Å²) in [6.45, 7) is 7.57. The zero-order valence-electron chi connectivity index (χ0n) is 16.8. The molecule has 0 aromatic heterocycles. The Kier molecular flexibility index (Phi) is 6.31. The third-order valence-corrected chi connectivity index (χ3v) is 5.43. The average molecular weight is 390 g/mol. The molecular formula is C20H30N4O4+2. The van der Waals surface area contributed by atoms with Crippen LogP contribution in [0.3, 0.4) is 0 Å². The lowest BCUT2D eigenvalue weighted by Crippen LogP contribution is -3.30. The Morgan fingerprint density at radius 3 is 2.39 bits per heavy atom. The molecule has 28 heavy (non-hydrogen) atoms. The highest BCUT2D eigenvalue weighted by Crippen LogP contribution is 2.24. The molecule has 8 nitrogen and oxygen atoms in total. The number of benzene rings is 1. The van der Waals surface area contributed by atoms with Gasteiger partial charge in [-0.15, -0.1) is 0 Å². The fraction of sp³-hybridized carbons (Fsp3) is 0.550. The van der Waals surface area contributed by atoms with Crippen LogP contribution in [0.5, 0.6) is 5.75 Å². The maximum absolute atomic E-state index is 12.9. The molecule has 8 heteroatoms. The van der Waals surface area contributed by atoms with E-state index in [4.69, 9.17) is 4.74 Å². The van der Waals surface area contributed by atoms with E-state index in [2.05, 4.69) is 5.32 Å². The van der Waals surface area contributed by atoms with E-state index in [9.17, 15) is 14.4 Å². The van der Waals surface area contributed by atoms with Gasteiger partial charge in [0, 0.05) is 6.04 Å². The smallest absolute Gasteiger partial charge is 0.292 e. The average Bonchev–Trinajstić information content (AvgIpc) is 2.96. The fourth-order valence-electron chi connectivity index (χ4n) is 4.00. The summed E-state index contributed by atoms with van der Waals surface area (Å²) in [4.78, 5) is 41.1. The number of quaternary nitrogens is 2. The van der Waals surface area contributed by atoms with Crippen LogP contribution in [0.4, 0.5) is 5.69 Å². The number of piperazine rings is 1. The SMILES string of the molecule is COc1ccc(N2C(=O)C[C@@H]([NH+]3CC[NH+](CC(=O)NC(C)C)CC3)C2=O)cc1. The molecule has 0 radical (unpaired) electrons. The fourth-order valence-corrected chi connectivity index (χ4v) is 4.00. The zero-order chi connectivity index (χ0) is 20.3. The first-order chi connectivity index (χ1) is 13.4. The van der Waals surface area contributed by atoms with Crippen LogP contribution in [-0.4, -0.2) is 69.6 Å². The van der Waals surface area contributed by atoms with Crippen LogP contribution in [0.2, 0.25) is 0 Å². The molecule has 3 amide bonds. The highest BCUT2D eigenvalue weighted by molar-refractivity contribution is 6.21. The predicted molar refractivity (Wildman–Crippen MR) is 103 cm³/mol. The van der Waals surface area contributed by atoms with Crippen LogP contribution in [0, 0.1) is 0 Å². The summed E-state index contributed by atoms with van der Waals surface area (Å²) in [5.41, 5.74) is 0.590. The molecule has 2 heterocycles. The normalized spacial score (nSPS) is 25.3. The first-order valence-electron chi connectivity index (χ1n) is 9.87. The van der Waals surface area contributed by atoms with Crippen molar-refractivity contribution in [1.82, 2.24) is 5.32 Å². The van der Waals surface area contributed by atoms with Gasteiger partial charge in [-0.05, 0) is 38.1 Å². The zero-order valence-corrected chi connectivity index (χ0v) is 16.8. The third kappa shape index (κ3) is 4.51. The minimum atomic E-state index is -0.333. The highest BCUT2D eigenvalue weighted by Gasteiger charge is 2.47. The number of carbonyl (C=O) groups excluding carboxylic acids is 3. The van der Waals surface area contributed by atoms with E-state index in [1.54, 1.807) is 31.4 Å². The van der Waals surface area contributed by atoms with E-state index < -0.39 is 0 Å². The van der Waals surface area contributed by atoms with Crippen molar-refractivity contribution >= 4 is 23.4 Å². The van der Waals surface area contributed by atoms with E-state index in [-0.39, 0.29) is 36.2 Å². The van der Waals surface area contributed by atoms with Crippen LogP contribution in [0.25, 0.3) is 0 Å². The monoisotopic (exact) mass is 390 g/mol. The van der Waals surface area contributed by atoms with Gasteiger partial charge in [-0.3, -0.25) is 14.4 Å². The molecule has 152 valence electrons. The summed E-state index contributed by atoms with van der Waals surface area (Å²) in [6.07, 6.45) is 0.239. The van der Waals surface area contributed by atoms with Gasteiger partial charge in [-0.25, -0.2) is 4.90 Å². The van der Waals surface area contributed by atoms with Gasteiger partial charge in [0.25, 0.3) is 11.8 Å². The molecular weight excluding hydrogens is 360 g/mol. The van der Waals surface area contributed by atoms with Crippen LogP contribution >= 0.6 is 0 Å². The molecule has 2 aliphatic rings. The van der Waals surface area contributed by atoms with Crippen molar-refractivity contribution in [1.29, 1.82) is 0 Å². The van der Waals surface area contributed by atoms with Crippen molar-refractivity contribution < 1.29 is 28.9 Å². The van der Waals surface area contributed by atoms with Gasteiger partial charge < -0.3 is 19.9 Å². The first-order valence-corrected chi connectivity index (χ1v) is 9.87. The number of ether oxygens (including phenoxy) is 1. The molecule has 2 fully saturated rings. The van der Waals surface area contributed by atoms with Gasteiger partial charge in [-0.1, -0.05) is 0 Å². The van der Waals surface area contributed by atoms with Gasteiger partial charge in [0.2, 0.25) is 5.91 Å². The van der Waals surface area contributed by atoms with E-state index in [0.717, 1.165) is 31.1 Å². The second-order valence-electron chi connectivity index (χ2n) is 7.83. The number of carbonyl (C=O) groups is 3. The lowest BCUT2D eigenvalue weighted by atomic mass is 10.1. The van der Waals surface area contributed by atoms with Crippen molar-refractivity contribution in [2.45, 2.75) is 32.4 Å². The Bertz CT molecular complexity index is 726. The van der Waals surface area contributed by atoms with Crippen LogP contribution in [0.15, 0.2) is 24.3 Å². The molecule has 0 bridgehead atoms. The van der Waals surface area contributed by atoms with Crippen molar-refractivity contribution in [2.75, 3.05) is 44.7 Å². The molecule has 2 aliphatic heterocycles. The molecule has 1 aromatic rings. The second-order valence-corrected chi connectivity index (χ2v) is 7.83.